The highest BCUT2D eigenvalue weighted by Crippen LogP contribution is 2.25. The number of hydrogen-bond donors (Lipinski definition) is 1. The van der Waals surface area contributed by atoms with Gasteiger partial charge in [-0.15, -0.1) is 0 Å². The van der Waals surface area contributed by atoms with Crippen molar-refractivity contribution in [1.29, 1.82) is 0 Å². The van der Waals surface area contributed by atoms with Gasteiger partial charge in [0.05, 0.1) is 18.6 Å². The minimum Gasteiger partial charge on any atom is -0.497 e. The van der Waals surface area contributed by atoms with Crippen molar-refractivity contribution in [3.63, 3.8) is 0 Å². The molecule has 152 valence electrons. The zero-order chi connectivity index (χ0) is 20.6. The largest absolute Gasteiger partial charge is 0.497 e. The van der Waals surface area contributed by atoms with Crippen molar-refractivity contribution < 1.29 is 18.2 Å². The number of aromatic nitrogens is 1. The highest BCUT2D eigenvalue weighted by Gasteiger charge is 2.16. The second-order valence-corrected chi connectivity index (χ2v) is 8.02. The van der Waals surface area contributed by atoms with Crippen molar-refractivity contribution in [2.45, 2.75) is 19.1 Å². The molecule has 0 saturated carbocycles. The minimum atomic E-state index is -1.37. The van der Waals surface area contributed by atoms with Crippen LogP contribution in [-0.2, 0) is 27.8 Å². The lowest BCUT2D eigenvalue weighted by Gasteiger charge is -2.05. The molecule has 0 bridgehead atoms. The number of amides is 1. The zero-order valence-corrected chi connectivity index (χ0v) is 17.3. The van der Waals surface area contributed by atoms with Gasteiger partial charge in [0, 0.05) is 22.9 Å². The average molecular weight is 413 g/mol. The Morgan fingerprint density at radius 2 is 1.97 bits per heavy atom. The number of nitrogens with zero attached hydrogens (tertiary/aromatic N) is 1. The van der Waals surface area contributed by atoms with Gasteiger partial charge >= 0.3 is 0 Å². The second kappa shape index (κ2) is 10.0. The molecular weight excluding hydrogens is 388 g/mol. The van der Waals surface area contributed by atoms with E-state index >= 15 is 0 Å². The lowest BCUT2D eigenvalue weighted by molar-refractivity contribution is -0.118. The summed E-state index contributed by atoms with van der Waals surface area (Å²) in [5, 5.41) is 2.82. The van der Waals surface area contributed by atoms with Crippen LogP contribution in [0.1, 0.15) is 17.0 Å². The fourth-order valence-corrected chi connectivity index (χ4v) is 3.90. The van der Waals surface area contributed by atoms with E-state index in [0.29, 0.717) is 29.6 Å². The van der Waals surface area contributed by atoms with E-state index in [4.69, 9.17) is 9.15 Å². The summed E-state index contributed by atoms with van der Waals surface area (Å²) in [6.45, 7) is 2.30. The number of ether oxygens (including phenoxy) is 1. The first kappa shape index (κ1) is 20.8. The van der Waals surface area contributed by atoms with Crippen LogP contribution < -0.4 is 10.1 Å². The summed E-state index contributed by atoms with van der Waals surface area (Å²) >= 11 is 0. The summed E-state index contributed by atoms with van der Waals surface area (Å²) < 4.78 is 23.3. The number of hydrogen-bond acceptors (Lipinski definition) is 5. The van der Waals surface area contributed by atoms with E-state index in [0.717, 1.165) is 17.5 Å². The zero-order valence-electron chi connectivity index (χ0n) is 16.5. The van der Waals surface area contributed by atoms with Crippen LogP contribution >= 0.6 is 0 Å². The van der Waals surface area contributed by atoms with Crippen LogP contribution in [0.15, 0.2) is 59.0 Å². The molecule has 3 rings (SSSR count). The van der Waals surface area contributed by atoms with E-state index in [9.17, 15) is 9.00 Å². The van der Waals surface area contributed by atoms with Crippen LogP contribution in [0.25, 0.3) is 11.5 Å². The van der Waals surface area contributed by atoms with Gasteiger partial charge in [0.25, 0.3) is 0 Å². The molecule has 0 aliphatic rings. The molecule has 0 radical (unpaired) electrons. The third-order valence-electron chi connectivity index (χ3n) is 4.38. The first-order valence-electron chi connectivity index (χ1n) is 9.31. The van der Waals surface area contributed by atoms with E-state index in [1.54, 1.807) is 14.0 Å². The first-order chi connectivity index (χ1) is 14.0. The van der Waals surface area contributed by atoms with Crippen molar-refractivity contribution in [3.05, 3.63) is 71.6 Å². The van der Waals surface area contributed by atoms with Crippen LogP contribution in [0.4, 0.5) is 0 Å². The van der Waals surface area contributed by atoms with E-state index in [2.05, 4.69) is 10.3 Å². The summed E-state index contributed by atoms with van der Waals surface area (Å²) in [5.74, 6) is 1.63. The fourth-order valence-electron chi connectivity index (χ4n) is 2.83. The molecule has 0 aliphatic heterocycles. The molecule has 0 saturated heterocycles. The molecule has 2 aromatic carbocycles. The molecule has 0 fully saturated rings. The number of oxazole rings is 1. The van der Waals surface area contributed by atoms with Crippen LogP contribution in [0.3, 0.4) is 0 Å². The van der Waals surface area contributed by atoms with Gasteiger partial charge in [-0.1, -0.05) is 36.4 Å². The SMILES string of the molecule is COc1cccc(-c2nc(C[S@@](=O)CC(=O)NCCc3ccccc3)c(C)o2)c1. The summed E-state index contributed by atoms with van der Waals surface area (Å²) in [4.78, 5) is 16.5. The molecule has 7 heteroatoms. The molecule has 3 aromatic rings. The molecule has 1 heterocycles. The Kier molecular flexibility index (Phi) is 7.19. The Labute approximate surface area is 172 Å². The van der Waals surface area contributed by atoms with Crippen LogP contribution in [0.2, 0.25) is 0 Å². The maximum Gasteiger partial charge on any atom is 0.232 e. The molecular formula is C22H24N2O4S. The molecule has 6 nitrogen and oxygen atoms in total. The normalized spacial score (nSPS) is 11.8. The Bertz CT molecular complexity index is 985. The van der Waals surface area contributed by atoms with Crippen molar-refractivity contribution in [3.8, 4) is 17.2 Å². The number of methoxy groups -OCH3 is 1. The third-order valence-corrected chi connectivity index (χ3v) is 5.56. The topological polar surface area (TPSA) is 81.4 Å². The number of benzene rings is 2. The Hall–Kier alpha value is -2.93. The van der Waals surface area contributed by atoms with Gasteiger partial charge in [0.1, 0.15) is 17.3 Å². The Balaban J connectivity index is 1.52. The van der Waals surface area contributed by atoms with Gasteiger partial charge in [-0.05, 0) is 37.1 Å². The van der Waals surface area contributed by atoms with Gasteiger partial charge < -0.3 is 14.5 Å². The van der Waals surface area contributed by atoms with E-state index < -0.39 is 10.8 Å². The third kappa shape index (κ3) is 6.02. The van der Waals surface area contributed by atoms with Gasteiger partial charge in [-0.25, -0.2) is 4.98 Å². The minimum absolute atomic E-state index is 0.0599. The summed E-state index contributed by atoms with van der Waals surface area (Å²) in [6, 6.07) is 17.3. The van der Waals surface area contributed by atoms with Crippen LogP contribution in [0, 0.1) is 6.92 Å². The average Bonchev–Trinajstić information content (AvgIpc) is 3.09. The maximum atomic E-state index is 12.4. The number of carbonyl (C=O) groups excluding carboxylic acids is 1. The summed E-state index contributed by atoms with van der Waals surface area (Å²) in [5.41, 5.74) is 2.53. The predicted molar refractivity (Wildman–Crippen MR) is 113 cm³/mol. The van der Waals surface area contributed by atoms with Gasteiger partial charge in [-0.2, -0.15) is 0 Å². The fraction of sp³-hybridized carbons (Fsp3) is 0.273. The highest BCUT2D eigenvalue weighted by molar-refractivity contribution is 7.84. The molecule has 0 aliphatic carbocycles. The van der Waals surface area contributed by atoms with Gasteiger partial charge in [0.15, 0.2) is 0 Å². The maximum absolute atomic E-state index is 12.4. The van der Waals surface area contributed by atoms with Crippen molar-refractivity contribution in [2.24, 2.45) is 0 Å². The molecule has 1 amide bonds. The number of rotatable bonds is 9. The molecule has 29 heavy (non-hydrogen) atoms. The summed E-state index contributed by atoms with van der Waals surface area (Å²) in [7, 11) is 0.229. The monoisotopic (exact) mass is 412 g/mol. The molecule has 1 atom stereocenters. The van der Waals surface area contributed by atoms with Crippen LogP contribution in [0.5, 0.6) is 5.75 Å². The van der Waals surface area contributed by atoms with Crippen molar-refractivity contribution in [2.75, 3.05) is 19.4 Å². The molecule has 1 N–H and O–H groups in total. The quantitative estimate of drug-likeness (QED) is 0.583. The number of aryl methyl sites for hydroxylation is 1. The van der Waals surface area contributed by atoms with Crippen molar-refractivity contribution in [1.82, 2.24) is 10.3 Å². The van der Waals surface area contributed by atoms with E-state index in [1.807, 2.05) is 54.6 Å². The number of nitrogens with one attached hydrogen (secondary N) is 1. The molecule has 1 aromatic heterocycles. The van der Waals surface area contributed by atoms with Gasteiger partial charge in [-0.3, -0.25) is 9.00 Å². The molecule has 0 spiro atoms. The smallest absolute Gasteiger partial charge is 0.232 e. The lowest BCUT2D eigenvalue weighted by atomic mass is 10.1. The second-order valence-electron chi connectivity index (χ2n) is 6.57. The van der Waals surface area contributed by atoms with E-state index in [1.165, 1.54) is 0 Å². The Morgan fingerprint density at radius 3 is 2.72 bits per heavy atom. The van der Waals surface area contributed by atoms with Gasteiger partial charge in [0.2, 0.25) is 11.8 Å². The molecule has 0 unspecified atom stereocenters. The van der Waals surface area contributed by atoms with E-state index in [-0.39, 0.29) is 17.4 Å². The summed E-state index contributed by atoms with van der Waals surface area (Å²) in [6.07, 6.45) is 0.742. The predicted octanol–water partition coefficient (Wildman–Crippen LogP) is 3.27. The standard InChI is InChI=1S/C22H24N2O4S/c1-16-20(24-22(28-16)18-9-6-10-19(13-18)27-2)14-29(26)15-21(25)23-12-11-17-7-4-3-5-8-17/h3-10,13H,11-12,14-15H2,1-2H3,(H,23,25)/t29-/m1/s1. The Morgan fingerprint density at radius 1 is 1.17 bits per heavy atom. The first-order valence-corrected chi connectivity index (χ1v) is 10.8. The van der Waals surface area contributed by atoms with Crippen molar-refractivity contribution >= 4 is 16.7 Å². The lowest BCUT2D eigenvalue weighted by Crippen LogP contribution is -2.30. The number of carbonyl (C=O) groups is 1. The highest BCUT2D eigenvalue weighted by atomic mass is 32.2. The van der Waals surface area contributed by atoms with Crippen LogP contribution in [-0.4, -0.2) is 34.5 Å².